The Morgan fingerprint density at radius 1 is 1.06 bits per heavy atom. The molecule has 6 heteroatoms. The Kier molecular flexibility index (Phi) is 8.17. The Morgan fingerprint density at radius 3 is 2.00 bits per heavy atom. The molecule has 0 aliphatic carbocycles. The van der Waals surface area contributed by atoms with Crippen LogP contribution in [0.1, 0.15) is 20.8 Å². The normalized spacial score (nSPS) is 11.2. The second-order valence-electron chi connectivity index (χ2n) is 3.17. The lowest BCUT2D eigenvalue weighted by molar-refractivity contribution is 0.0934. The zero-order chi connectivity index (χ0) is 13.3. The molecule has 0 spiro atoms. The third-order valence-electron chi connectivity index (χ3n) is 1.66. The minimum absolute atomic E-state index is 0.101. The van der Waals surface area contributed by atoms with Gasteiger partial charge in [0.1, 0.15) is 12.4 Å². The topological polar surface area (TPSA) is 54.0 Å². The lowest BCUT2D eigenvalue weighted by atomic mass is 10.3. The number of ether oxygens (including phenoxy) is 1. The molecule has 0 unspecified atom stereocenters. The zero-order valence-corrected chi connectivity index (χ0v) is 11.6. The predicted octanol–water partition coefficient (Wildman–Crippen LogP) is 3.29. The third-order valence-corrected chi connectivity index (χ3v) is 3.31. The van der Waals surface area contributed by atoms with Crippen molar-refractivity contribution in [1.82, 2.24) is 0 Å². The summed E-state index contributed by atoms with van der Waals surface area (Å²) < 4.78 is 32.0. The third kappa shape index (κ3) is 7.34. The average molecular weight is 264 g/mol. The van der Waals surface area contributed by atoms with E-state index in [-0.39, 0.29) is 26.4 Å². The van der Waals surface area contributed by atoms with E-state index in [0.717, 1.165) is 5.57 Å². The van der Waals surface area contributed by atoms with Gasteiger partial charge in [0.2, 0.25) is 0 Å². The van der Waals surface area contributed by atoms with Gasteiger partial charge >= 0.3 is 7.82 Å². The van der Waals surface area contributed by atoms with Crippen molar-refractivity contribution in [2.24, 2.45) is 0 Å². The van der Waals surface area contributed by atoms with Gasteiger partial charge in [-0.05, 0) is 26.3 Å². The summed E-state index contributed by atoms with van der Waals surface area (Å²) in [6, 6.07) is 0. The van der Waals surface area contributed by atoms with Gasteiger partial charge < -0.3 is 4.74 Å². The lowest BCUT2D eigenvalue weighted by Crippen LogP contribution is -2.06. The van der Waals surface area contributed by atoms with E-state index < -0.39 is 7.82 Å². The molecule has 0 radical (unpaired) electrons. The highest BCUT2D eigenvalue weighted by Gasteiger charge is 2.24. The maximum Gasteiger partial charge on any atom is 0.474 e. The van der Waals surface area contributed by atoms with Crippen molar-refractivity contribution in [3.63, 3.8) is 0 Å². The van der Waals surface area contributed by atoms with E-state index in [1.807, 2.05) is 0 Å². The van der Waals surface area contributed by atoms with Crippen molar-refractivity contribution in [1.29, 1.82) is 0 Å². The molecule has 0 atom stereocenters. The summed E-state index contributed by atoms with van der Waals surface area (Å²) in [4.78, 5) is 0. The molecule has 0 aliphatic rings. The average Bonchev–Trinajstić information content (AvgIpc) is 2.24. The second kappa shape index (κ2) is 8.48. The van der Waals surface area contributed by atoms with Gasteiger partial charge in [-0.25, -0.2) is 4.57 Å². The Labute approximate surface area is 103 Å². The van der Waals surface area contributed by atoms with Gasteiger partial charge in [-0.1, -0.05) is 13.2 Å². The van der Waals surface area contributed by atoms with Crippen LogP contribution in [0.25, 0.3) is 0 Å². The number of phosphoric ester groups is 1. The van der Waals surface area contributed by atoms with Crippen LogP contribution >= 0.6 is 7.82 Å². The summed E-state index contributed by atoms with van der Waals surface area (Å²) in [5.74, 6) is 0.483. The van der Waals surface area contributed by atoms with Gasteiger partial charge in [-0.3, -0.25) is 13.6 Å². The Morgan fingerprint density at radius 2 is 1.59 bits per heavy atom. The van der Waals surface area contributed by atoms with Crippen LogP contribution < -0.4 is 0 Å². The maximum atomic E-state index is 11.8. The second-order valence-corrected chi connectivity index (χ2v) is 4.84. The standard InChI is InChI=1S/C11H21O5P/c1-6-14-17(12,15-7-2)16-9-8-13-11(5)10(3)4/h3,5-9H2,1-2,4H3. The van der Waals surface area contributed by atoms with Crippen LogP contribution in [0.4, 0.5) is 0 Å². The predicted molar refractivity (Wildman–Crippen MR) is 66.7 cm³/mol. The number of allylic oxidation sites excluding steroid dienone is 1. The molecule has 0 aliphatic heterocycles. The van der Waals surface area contributed by atoms with Gasteiger partial charge in [0.05, 0.1) is 19.8 Å². The highest BCUT2D eigenvalue weighted by Crippen LogP contribution is 2.48. The van der Waals surface area contributed by atoms with Crippen LogP contribution in [0.15, 0.2) is 24.5 Å². The molecule has 17 heavy (non-hydrogen) atoms. The minimum atomic E-state index is -3.44. The van der Waals surface area contributed by atoms with E-state index in [1.165, 1.54) is 0 Å². The van der Waals surface area contributed by atoms with Crippen molar-refractivity contribution < 1.29 is 22.9 Å². The molecule has 0 aromatic heterocycles. The van der Waals surface area contributed by atoms with E-state index in [4.69, 9.17) is 18.3 Å². The Bertz CT molecular complexity index is 290. The SMILES string of the molecule is C=C(C)C(=C)OCCOP(=O)(OCC)OCC. The number of rotatable bonds is 10. The van der Waals surface area contributed by atoms with E-state index in [2.05, 4.69) is 13.2 Å². The molecular weight excluding hydrogens is 243 g/mol. The number of hydrogen-bond acceptors (Lipinski definition) is 5. The number of hydrogen-bond donors (Lipinski definition) is 0. The highest BCUT2D eigenvalue weighted by molar-refractivity contribution is 7.48. The van der Waals surface area contributed by atoms with E-state index >= 15 is 0 Å². The van der Waals surface area contributed by atoms with Gasteiger partial charge in [0, 0.05) is 0 Å². The van der Waals surface area contributed by atoms with Crippen LogP contribution in [-0.2, 0) is 22.9 Å². The molecule has 0 saturated carbocycles. The molecule has 5 nitrogen and oxygen atoms in total. The van der Waals surface area contributed by atoms with Gasteiger partial charge in [0.25, 0.3) is 0 Å². The number of phosphoric acid groups is 1. The summed E-state index contributed by atoms with van der Waals surface area (Å²) in [6.45, 7) is 13.4. The summed E-state index contributed by atoms with van der Waals surface area (Å²) in [5.41, 5.74) is 0.739. The smallest absolute Gasteiger partial charge is 0.474 e. The zero-order valence-electron chi connectivity index (χ0n) is 10.7. The first-order valence-electron chi connectivity index (χ1n) is 5.46. The van der Waals surface area contributed by atoms with Crippen molar-refractivity contribution in [3.05, 3.63) is 24.5 Å². The van der Waals surface area contributed by atoms with Crippen LogP contribution in [-0.4, -0.2) is 26.4 Å². The van der Waals surface area contributed by atoms with Crippen molar-refractivity contribution in [2.75, 3.05) is 26.4 Å². The van der Waals surface area contributed by atoms with Crippen LogP contribution in [0.2, 0.25) is 0 Å². The molecule has 0 heterocycles. The Balaban J connectivity index is 3.95. The molecule has 0 aromatic rings. The fraction of sp³-hybridized carbons (Fsp3) is 0.636. The van der Waals surface area contributed by atoms with Crippen LogP contribution in [0.3, 0.4) is 0 Å². The Hall–Kier alpha value is -0.610. The minimum Gasteiger partial charge on any atom is -0.492 e. The molecule has 0 N–H and O–H groups in total. The molecular formula is C11H21O5P. The van der Waals surface area contributed by atoms with Gasteiger partial charge in [0.15, 0.2) is 0 Å². The summed E-state index contributed by atoms with van der Waals surface area (Å²) in [5, 5.41) is 0. The summed E-state index contributed by atoms with van der Waals surface area (Å²) in [7, 11) is -3.44. The van der Waals surface area contributed by atoms with Crippen molar-refractivity contribution >= 4 is 7.82 Å². The first kappa shape index (κ1) is 16.4. The fourth-order valence-corrected chi connectivity index (χ4v) is 2.02. The summed E-state index contributed by atoms with van der Waals surface area (Å²) in [6.07, 6.45) is 0. The van der Waals surface area contributed by atoms with E-state index in [9.17, 15) is 4.57 Å². The fourth-order valence-electron chi connectivity index (χ4n) is 0.865. The highest BCUT2D eigenvalue weighted by atomic mass is 31.2. The largest absolute Gasteiger partial charge is 0.492 e. The van der Waals surface area contributed by atoms with Crippen LogP contribution in [0, 0.1) is 0 Å². The summed E-state index contributed by atoms with van der Waals surface area (Å²) >= 11 is 0. The molecule has 0 amide bonds. The van der Waals surface area contributed by atoms with E-state index in [1.54, 1.807) is 20.8 Å². The van der Waals surface area contributed by atoms with Crippen molar-refractivity contribution in [2.45, 2.75) is 20.8 Å². The molecule has 0 bridgehead atoms. The molecule has 0 saturated heterocycles. The first-order valence-corrected chi connectivity index (χ1v) is 6.92. The van der Waals surface area contributed by atoms with Crippen LogP contribution in [0.5, 0.6) is 0 Å². The molecule has 0 rings (SSSR count). The van der Waals surface area contributed by atoms with E-state index in [0.29, 0.717) is 5.76 Å². The monoisotopic (exact) mass is 264 g/mol. The van der Waals surface area contributed by atoms with Gasteiger partial charge in [-0.15, -0.1) is 0 Å². The molecule has 0 fully saturated rings. The quantitative estimate of drug-likeness (QED) is 0.262. The van der Waals surface area contributed by atoms with Crippen molar-refractivity contribution in [3.8, 4) is 0 Å². The lowest BCUT2D eigenvalue weighted by Gasteiger charge is -2.16. The van der Waals surface area contributed by atoms with Gasteiger partial charge in [-0.2, -0.15) is 0 Å². The maximum absolute atomic E-state index is 11.8. The first-order chi connectivity index (χ1) is 7.95. The molecule has 0 aromatic carbocycles. The molecule has 100 valence electrons.